The number of rotatable bonds is 5. The van der Waals surface area contributed by atoms with Crippen LogP contribution in [0.1, 0.15) is 32.3 Å². The van der Waals surface area contributed by atoms with Crippen molar-refractivity contribution in [2.24, 2.45) is 0 Å². The summed E-state index contributed by atoms with van der Waals surface area (Å²) in [5.74, 6) is -0.197. The fraction of sp³-hybridized carbons (Fsp3) is 0.600. The zero-order valence-electron chi connectivity index (χ0n) is 11.6. The van der Waals surface area contributed by atoms with Crippen molar-refractivity contribution in [2.75, 3.05) is 13.1 Å². The Morgan fingerprint density at radius 2 is 2.26 bits per heavy atom. The summed E-state index contributed by atoms with van der Waals surface area (Å²) in [5.41, 5.74) is 1.15. The van der Waals surface area contributed by atoms with Gasteiger partial charge in [0.15, 0.2) is 0 Å². The van der Waals surface area contributed by atoms with Gasteiger partial charge in [-0.2, -0.15) is 0 Å². The molecule has 0 bridgehead atoms. The van der Waals surface area contributed by atoms with Gasteiger partial charge in [0.25, 0.3) is 0 Å². The van der Waals surface area contributed by atoms with E-state index in [4.69, 9.17) is 0 Å². The number of nitrogens with zero attached hydrogens (tertiary/aromatic N) is 1. The van der Waals surface area contributed by atoms with E-state index in [1.54, 1.807) is 0 Å². The monoisotopic (exact) mass is 328 g/mol. The average Bonchev–Trinajstić information content (AvgIpc) is 2.86. The third-order valence-corrected chi connectivity index (χ3v) is 4.32. The summed E-state index contributed by atoms with van der Waals surface area (Å²) >= 11 is 3.26. The van der Waals surface area contributed by atoms with Gasteiger partial charge in [0, 0.05) is 25.2 Å². The standard InChI is InChI=1S/C15H22BrFN2/c1-11(2)19(10-13-4-3-7-18-13)9-12-5-6-15(17)14(16)8-12/h5-6,8,11,13,18H,3-4,7,9-10H2,1-2H3. The van der Waals surface area contributed by atoms with Crippen LogP contribution in [0.5, 0.6) is 0 Å². The molecule has 19 heavy (non-hydrogen) atoms. The van der Waals surface area contributed by atoms with E-state index in [-0.39, 0.29) is 5.82 Å². The third kappa shape index (κ3) is 4.26. The largest absolute Gasteiger partial charge is 0.313 e. The molecule has 1 fully saturated rings. The first-order valence-electron chi connectivity index (χ1n) is 6.97. The molecule has 1 heterocycles. The Morgan fingerprint density at radius 3 is 2.84 bits per heavy atom. The lowest BCUT2D eigenvalue weighted by Gasteiger charge is -2.29. The van der Waals surface area contributed by atoms with Gasteiger partial charge in [0.2, 0.25) is 0 Å². The summed E-state index contributed by atoms with van der Waals surface area (Å²) in [7, 11) is 0. The van der Waals surface area contributed by atoms with Gasteiger partial charge in [-0.05, 0) is 66.9 Å². The van der Waals surface area contributed by atoms with Gasteiger partial charge in [-0.3, -0.25) is 4.90 Å². The van der Waals surface area contributed by atoms with Crippen LogP contribution in [0.15, 0.2) is 22.7 Å². The first-order valence-corrected chi connectivity index (χ1v) is 7.77. The lowest BCUT2D eigenvalue weighted by atomic mass is 10.1. The Bertz CT molecular complexity index is 417. The van der Waals surface area contributed by atoms with Crippen molar-refractivity contribution in [3.05, 3.63) is 34.1 Å². The molecule has 1 saturated heterocycles. The van der Waals surface area contributed by atoms with Crippen molar-refractivity contribution >= 4 is 15.9 Å². The molecule has 1 atom stereocenters. The molecule has 0 aliphatic carbocycles. The number of halogens is 2. The van der Waals surface area contributed by atoms with Crippen LogP contribution in [0.2, 0.25) is 0 Å². The minimum atomic E-state index is -0.197. The van der Waals surface area contributed by atoms with Gasteiger partial charge in [-0.25, -0.2) is 4.39 Å². The van der Waals surface area contributed by atoms with Gasteiger partial charge in [0.05, 0.1) is 4.47 Å². The van der Waals surface area contributed by atoms with Crippen LogP contribution in [0.25, 0.3) is 0 Å². The molecule has 1 aliphatic rings. The van der Waals surface area contributed by atoms with Crippen LogP contribution in [0, 0.1) is 5.82 Å². The van der Waals surface area contributed by atoms with Gasteiger partial charge >= 0.3 is 0 Å². The average molecular weight is 329 g/mol. The van der Waals surface area contributed by atoms with Crippen LogP contribution in [0.3, 0.4) is 0 Å². The van der Waals surface area contributed by atoms with Crippen LogP contribution in [0.4, 0.5) is 4.39 Å². The maximum absolute atomic E-state index is 13.3. The van der Waals surface area contributed by atoms with E-state index in [0.29, 0.717) is 16.6 Å². The van der Waals surface area contributed by atoms with Crippen LogP contribution in [-0.2, 0) is 6.54 Å². The van der Waals surface area contributed by atoms with E-state index in [1.807, 2.05) is 12.1 Å². The Balaban J connectivity index is 2.00. The second kappa shape index (κ2) is 6.82. The molecule has 2 rings (SSSR count). The Kier molecular flexibility index (Phi) is 5.37. The normalized spacial score (nSPS) is 19.6. The number of nitrogens with one attached hydrogen (secondary N) is 1. The number of hydrogen-bond acceptors (Lipinski definition) is 2. The zero-order chi connectivity index (χ0) is 13.8. The molecule has 0 amide bonds. The van der Waals surface area contributed by atoms with Crippen molar-refractivity contribution < 1.29 is 4.39 Å². The molecule has 1 aliphatic heterocycles. The SMILES string of the molecule is CC(C)N(Cc1ccc(F)c(Br)c1)CC1CCCN1. The molecule has 0 aromatic heterocycles. The number of hydrogen-bond donors (Lipinski definition) is 1. The molecule has 0 radical (unpaired) electrons. The minimum Gasteiger partial charge on any atom is -0.313 e. The zero-order valence-corrected chi connectivity index (χ0v) is 13.2. The van der Waals surface area contributed by atoms with E-state index in [0.717, 1.165) is 25.2 Å². The van der Waals surface area contributed by atoms with Crippen molar-refractivity contribution in [1.82, 2.24) is 10.2 Å². The topological polar surface area (TPSA) is 15.3 Å². The second-order valence-corrected chi connectivity index (χ2v) is 6.42. The lowest BCUT2D eigenvalue weighted by molar-refractivity contribution is 0.194. The number of benzene rings is 1. The van der Waals surface area contributed by atoms with E-state index in [9.17, 15) is 4.39 Å². The smallest absolute Gasteiger partial charge is 0.137 e. The van der Waals surface area contributed by atoms with Gasteiger partial charge in [0.1, 0.15) is 5.82 Å². The summed E-state index contributed by atoms with van der Waals surface area (Å²) in [4.78, 5) is 2.45. The first kappa shape index (κ1) is 14.9. The molecule has 4 heteroatoms. The van der Waals surface area contributed by atoms with Crippen molar-refractivity contribution in [3.63, 3.8) is 0 Å². The highest BCUT2D eigenvalue weighted by Crippen LogP contribution is 2.19. The minimum absolute atomic E-state index is 0.197. The van der Waals surface area contributed by atoms with E-state index in [1.165, 1.54) is 18.9 Å². The third-order valence-electron chi connectivity index (χ3n) is 3.72. The first-order chi connectivity index (χ1) is 9.06. The Labute approximate surface area is 123 Å². The molecule has 0 spiro atoms. The molecular formula is C15H22BrFN2. The van der Waals surface area contributed by atoms with E-state index >= 15 is 0 Å². The van der Waals surface area contributed by atoms with E-state index in [2.05, 4.69) is 40.0 Å². The van der Waals surface area contributed by atoms with Crippen LogP contribution in [-0.4, -0.2) is 30.1 Å². The van der Waals surface area contributed by atoms with Crippen molar-refractivity contribution in [2.45, 2.75) is 45.3 Å². The fourth-order valence-corrected chi connectivity index (χ4v) is 2.95. The van der Waals surface area contributed by atoms with Crippen molar-refractivity contribution in [3.8, 4) is 0 Å². The maximum atomic E-state index is 13.3. The summed E-state index contributed by atoms with van der Waals surface area (Å²) in [6.45, 7) is 7.50. The second-order valence-electron chi connectivity index (χ2n) is 5.56. The van der Waals surface area contributed by atoms with Gasteiger partial charge in [-0.15, -0.1) is 0 Å². The summed E-state index contributed by atoms with van der Waals surface area (Å²) in [6.07, 6.45) is 2.54. The predicted octanol–water partition coefficient (Wildman–Crippen LogP) is 3.55. The highest BCUT2D eigenvalue weighted by atomic mass is 79.9. The molecule has 106 valence electrons. The quantitative estimate of drug-likeness (QED) is 0.889. The molecular weight excluding hydrogens is 307 g/mol. The summed E-state index contributed by atoms with van der Waals surface area (Å²) in [5, 5.41) is 3.54. The predicted molar refractivity (Wildman–Crippen MR) is 80.7 cm³/mol. The molecule has 1 unspecified atom stereocenters. The Hall–Kier alpha value is -0.450. The summed E-state index contributed by atoms with van der Waals surface area (Å²) < 4.78 is 13.8. The van der Waals surface area contributed by atoms with Crippen LogP contribution >= 0.6 is 15.9 Å². The molecule has 1 N–H and O–H groups in total. The highest BCUT2D eigenvalue weighted by molar-refractivity contribution is 9.10. The van der Waals surface area contributed by atoms with Gasteiger partial charge < -0.3 is 5.32 Å². The highest BCUT2D eigenvalue weighted by Gasteiger charge is 2.19. The molecule has 2 nitrogen and oxygen atoms in total. The molecule has 1 aromatic rings. The maximum Gasteiger partial charge on any atom is 0.137 e. The lowest BCUT2D eigenvalue weighted by Crippen LogP contribution is -2.40. The van der Waals surface area contributed by atoms with E-state index < -0.39 is 0 Å². The fourth-order valence-electron chi connectivity index (χ4n) is 2.53. The van der Waals surface area contributed by atoms with Crippen molar-refractivity contribution in [1.29, 1.82) is 0 Å². The van der Waals surface area contributed by atoms with Crippen LogP contribution < -0.4 is 5.32 Å². The molecule has 1 aromatic carbocycles. The van der Waals surface area contributed by atoms with Gasteiger partial charge in [-0.1, -0.05) is 6.07 Å². The Morgan fingerprint density at radius 1 is 1.47 bits per heavy atom. The summed E-state index contributed by atoms with van der Waals surface area (Å²) in [6, 6.07) is 6.38. The molecule has 0 saturated carbocycles.